The van der Waals surface area contributed by atoms with E-state index < -0.39 is 4.92 Å². The minimum Gasteiger partial charge on any atom is -0.508 e. The summed E-state index contributed by atoms with van der Waals surface area (Å²) in [7, 11) is 0. The van der Waals surface area contributed by atoms with Crippen LogP contribution in [0.25, 0.3) is 0 Å². The van der Waals surface area contributed by atoms with E-state index in [4.69, 9.17) is 11.6 Å². The van der Waals surface area contributed by atoms with Crippen LogP contribution in [0, 0.1) is 10.1 Å². The van der Waals surface area contributed by atoms with Crippen LogP contribution in [0.2, 0.25) is 5.02 Å². The lowest BCUT2D eigenvalue weighted by Gasteiger charge is -2.36. The molecule has 28 heavy (non-hydrogen) atoms. The molecule has 1 aliphatic heterocycles. The summed E-state index contributed by atoms with van der Waals surface area (Å²) in [5.74, 6) is 0.00796. The van der Waals surface area contributed by atoms with E-state index in [1.807, 2.05) is 19.1 Å². The van der Waals surface area contributed by atoms with Crippen molar-refractivity contribution in [2.24, 2.45) is 0 Å². The minimum absolute atomic E-state index is 0.123. The number of carbonyl (C=O) groups is 1. The third kappa shape index (κ3) is 4.52. The first-order chi connectivity index (χ1) is 13.3. The lowest BCUT2D eigenvalue weighted by Crippen LogP contribution is -3.19. The van der Waals surface area contributed by atoms with Crippen molar-refractivity contribution in [3.05, 3.63) is 57.6 Å². The van der Waals surface area contributed by atoms with Crippen molar-refractivity contribution < 1.29 is 19.7 Å². The van der Waals surface area contributed by atoms with Crippen LogP contribution in [0.1, 0.15) is 6.92 Å². The molecule has 0 spiro atoms. The van der Waals surface area contributed by atoms with E-state index in [0.717, 1.165) is 36.8 Å². The summed E-state index contributed by atoms with van der Waals surface area (Å²) < 4.78 is 0. The second-order valence-electron chi connectivity index (χ2n) is 6.79. The van der Waals surface area contributed by atoms with Gasteiger partial charge in [0.2, 0.25) is 0 Å². The number of non-ortho nitro benzene ring substituents is 1. The van der Waals surface area contributed by atoms with Crippen molar-refractivity contribution >= 4 is 34.6 Å². The molecule has 148 valence electrons. The quantitative estimate of drug-likeness (QED) is 0.519. The topological polar surface area (TPSA) is 100 Å². The fourth-order valence-electron chi connectivity index (χ4n) is 3.30. The first-order valence-electron chi connectivity index (χ1n) is 8.98. The summed E-state index contributed by atoms with van der Waals surface area (Å²) in [5, 5.41) is 23.3. The predicted octanol–water partition coefficient (Wildman–Crippen LogP) is 1.69. The van der Waals surface area contributed by atoms with Gasteiger partial charge in [0.15, 0.2) is 6.04 Å². The van der Waals surface area contributed by atoms with Gasteiger partial charge >= 0.3 is 0 Å². The first-order valence-corrected chi connectivity index (χ1v) is 9.36. The molecule has 1 fully saturated rings. The molecule has 3 N–H and O–H groups in total. The van der Waals surface area contributed by atoms with Gasteiger partial charge in [-0.05, 0) is 37.3 Å². The highest BCUT2D eigenvalue weighted by Crippen LogP contribution is 2.26. The van der Waals surface area contributed by atoms with Gasteiger partial charge in [0, 0.05) is 17.8 Å². The third-order valence-corrected chi connectivity index (χ3v) is 5.37. The van der Waals surface area contributed by atoms with Crippen LogP contribution < -0.4 is 15.1 Å². The summed E-state index contributed by atoms with van der Waals surface area (Å²) in [4.78, 5) is 26.4. The number of rotatable bonds is 5. The van der Waals surface area contributed by atoms with Crippen molar-refractivity contribution in [1.29, 1.82) is 0 Å². The zero-order valence-corrected chi connectivity index (χ0v) is 16.1. The Kier molecular flexibility index (Phi) is 6.01. The van der Waals surface area contributed by atoms with Crippen molar-refractivity contribution in [3.8, 4) is 5.75 Å². The smallest absolute Gasteiger partial charge is 0.282 e. The number of piperazine rings is 1. The molecule has 3 rings (SSSR count). The van der Waals surface area contributed by atoms with E-state index >= 15 is 0 Å². The number of nitro groups is 1. The second-order valence-corrected chi connectivity index (χ2v) is 7.20. The Bertz CT molecular complexity index is 867. The second kappa shape index (κ2) is 8.45. The van der Waals surface area contributed by atoms with E-state index in [2.05, 4.69) is 10.2 Å². The van der Waals surface area contributed by atoms with Gasteiger partial charge in [0.25, 0.3) is 11.6 Å². The summed E-state index contributed by atoms with van der Waals surface area (Å²) in [6.07, 6.45) is 0. The Morgan fingerprint density at radius 3 is 2.50 bits per heavy atom. The molecule has 0 bridgehead atoms. The Morgan fingerprint density at radius 1 is 1.25 bits per heavy atom. The third-order valence-electron chi connectivity index (χ3n) is 5.04. The lowest BCUT2D eigenvalue weighted by atomic mass is 10.2. The average Bonchev–Trinajstić information content (AvgIpc) is 2.69. The van der Waals surface area contributed by atoms with Gasteiger partial charge in [-0.15, -0.1) is 0 Å². The fraction of sp³-hybridized carbons (Fsp3) is 0.316. The van der Waals surface area contributed by atoms with Crippen LogP contribution in [0.5, 0.6) is 5.75 Å². The Morgan fingerprint density at radius 2 is 1.89 bits per heavy atom. The van der Waals surface area contributed by atoms with E-state index in [9.17, 15) is 20.0 Å². The molecule has 1 saturated heterocycles. The van der Waals surface area contributed by atoms with E-state index in [1.165, 1.54) is 18.2 Å². The number of nitro benzene ring substituents is 1. The predicted molar refractivity (Wildman–Crippen MR) is 107 cm³/mol. The Labute approximate surface area is 167 Å². The number of benzene rings is 2. The number of hydrogen-bond donors (Lipinski definition) is 3. The molecule has 0 unspecified atom stereocenters. The Hall–Kier alpha value is -2.84. The van der Waals surface area contributed by atoms with Crippen LogP contribution in [-0.2, 0) is 4.79 Å². The molecular formula is C19H22ClN4O4+. The molecule has 9 heteroatoms. The highest BCUT2D eigenvalue weighted by atomic mass is 35.5. The molecule has 2 aromatic rings. The summed E-state index contributed by atoms with van der Waals surface area (Å²) in [6, 6.07) is 10.7. The first kappa shape index (κ1) is 19.9. The van der Waals surface area contributed by atoms with Crippen LogP contribution in [0.15, 0.2) is 42.5 Å². The van der Waals surface area contributed by atoms with Crippen LogP contribution >= 0.6 is 11.6 Å². The van der Waals surface area contributed by atoms with Gasteiger partial charge < -0.3 is 20.2 Å². The molecule has 1 aliphatic rings. The number of amides is 1. The maximum Gasteiger partial charge on any atom is 0.282 e. The molecule has 0 aromatic heterocycles. The van der Waals surface area contributed by atoms with Crippen LogP contribution in [0.4, 0.5) is 17.1 Å². The molecule has 8 nitrogen and oxygen atoms in total. The van der Waals surface area contributed by atoms with E-state index in [-0.39, 0.29) is 34.1 Å². The molecule has 1 amide bonds. The molecular weight excluding hydrogens is 384 g/mol. The number of hydrogen-bond acceptors (Lipinski definition) is 5. The van der Waals surface area contributed by atoms with Crippen molar-refractivity contribution in [3.63, 3.8) is 0 Å². The standard InChI is InChI=1S/C19H21ClN4O4/c1-13(19(26)21-18-12-15(24(27)28)4-7-17(18)20)22-8-10-23(11-9-22)14-2-5-16(25)6-3-14/h2-7,12-13,25H,8-11H2,1H3,(H,21,26)/p+1/t13-/m1/s1. The normalized spacial score (nSPS) is 15.9. The number of phenolic OH excluding ortho intramolecular Hbond substituents is 1. The fourth-order valence-corrected chi connectivity index (χ4v) is 3.46. The zero-order chi connectivity index (χ0) is 20.3. The maximum atomic E-state index is 12.6. The number of quaternary nitrogens is 1. The van der Waals surface area contributed by atoms with Crippen molar-refractivity contribution in [2.75, 3.05) is 36.4 Å². The highest BCUT2D eigenvalue weighted by Gasteiger charge is 2.29. The van der Waals surface area contributed by atoms with Crippen molar-refractivity contribution in [2.45, 2.75) is 13.0 Å². The monoisotopic (exact) mass is 405 g/mol. The SMILES string of the molecule is C[C@H](C(=O)Nc1cc([N+](=O)[O-])ccc1Cl)[NH+]1CCN(c2ccc(O)cc2)CC1. The lowest BCUT2D eigenvalue weighted by molar-refractivity contribution is -0.914. The van der Waals surface area contributed by atoms with E-state index in [1.54, 1.807) is 12.1 Å². The number of nitrogens with one attached hydrogen (secondary N) is 2. The molecule has 1 heterocycles. The van der Waals surface area contributed by atoms with E-state index in [0.29, 0.717) is 0 Å². The van der Waals surface area contributed by atoms with Gasteiger partial charge in [0.1, 0.15) is 5.75 Å². The molecule has 0 radical (unpaired) electrons. The van der Waals surface area contributed by atoms with Gasteiger partial charge in [0.05, 0.1) is 41.8 Å². The van der Waals surface area contributed by atoms with Crippen LogP contribution in [0.3, 0.4) is 0 Å². The maximum absolute atomic E-state index is 12.6. The number of nitrogens with zero attached hydrogens (tertiary/aromatic N) is 2. The number of aromatic hydroxyl groups is 1. The van der Waals surface area contributed by atoms with Gasteiger partial charge in [-0.2, -0.15) is 0 Å². The number of phenols is 1. The molecule has 2 aromatic carbocycles. The van der Waals surface area contributed by atoms with Gasteiger partial charge in [-0.1, -0.05) is 11.6 Å². The number of carbonyl (C=O) groups excluding carboxylic acids is 1. The minimum atomic E-state index is -0.525. The molecule has 1 atom stereocenters. The zero-order valence-electron chi connectivity index (χ0n) is 15.4. The highest BCUT2D eigenvalue weighted by molar-refractivity contribution is 6.33. The van der Waals surface area contributed by atoms with Crippen LogP contribution in [-0.4, -0.2) is 48.2 Å². The van der Waals surface area contributed by atoms with Gasteiger partial charge in [-0.25, -0.2) is 0 Å². The average molecular weight is 406 g/mol. The summed E-state index contributed by atoms with van der Waals surface area (Å²) >= 11 is 6.06. The molecule has 0 aliphatic carbocycles. The van der Waals surface area contributed by atoms with Crippen molar-refractivity contribution in [1.82, 2.24) is 0 Å². The number of anilines is 2. The molecule has 0 saturated carbocycles. The largest absolute Gasteiger partial charge is 0.508 e. The summed E-state index contributed by atoms with van der Waals surface area (Å²) in [5.41, 5.74) is 1.16. The Balaban J connectivity index is 1.59. The summed E-state index contributed by atoms with van der Waals surface area (Å²) in [6.45, 7) is 4.97. The number of halogens is 1. The van der Waals surface area contributed by atoms with Gasteiger partial charge in [-0.3, -0.25) is 14.9 Å².